The fourth-order valence-corrected chi connectivity index (χ4v) is 6.02. The molecule has 10 heteroatoms. The van der Waals surface area contributed by atoms with Gasteiger partial charge in [-0.1, -0.05) is 29.3 Å². The number of thiophene rings is 1. The van der Waals surface area contributed by atoms with Gasteiger partial charge in [-0.25, -0.2) is 8.42 Å². The molecule has 0 atom stereocenters. The van der Waals surface area contributed by atoms with E-state index < -0.39 is 10.0 Å². The molecule has 0 spiro atoms. The largest absolute Gasteiger partial charge is 0.495 e. The van der Waals surface area contributed by atoms with E-state index in [2.05, 4.69) is 5.32 Å². The second-order valence-corrected chi connectivity index (χ2v) is 11.3. The van der Waals surface area contributed by atoms with E-state index >= 15 is 0 Å². The molecule has 0 unspecified atom stereocenters. The first-order valence-corrected chi connectivity index (χ1v) is 13.1. The Balaban J connectivity index is 1.62. The highest BCUT2D eigenvalue weighted by Crippen LogP contribution is 2.33. The molecule has 4 rings (SSSR count). The van der Waals surface area contributed by atoms with E-state index in [0.29, 0.717) is 27.0 Å². The summed E-state index contributed by atoms with van der Waals surface area (Å²) in [6, 6.07) is 16.6. The van der Waals surface area contributed by atoms with Gasteiger partial charge in [-0.3, -0.25) is 9.10 Å². The molecule has 0 aliphatic heterocycles. The van der Waals surface area contributed by atoms with Gasteiger partial charge in [0.15, 0.2) is 0 Å². The first-order valence-electron chi connectivity index (χ1n) is 10.0. The molecule has 1 amide bonds. The van der Waals surface area contributed by atoms with Gasteiger partial charge in [0.1, 0.15) is 5.75 Å². The fourth-order valence-electron chi connectivity index (χ4n) is 3.37. The molecule has 0 aliphatic rings. The van der Waals surface area contributed by atoms with Gasteiger partial charge < -0.3 is 10.1 Å². The predicted octanol–water partition coefficient (Wildman–Crippen LogP) is 6.60. The second kappa shape index (κ2) is 9.46. The van der Waals surface area contributed by atoms with Crippen LogP contribution in [-0.4, -0.2) is 28.5 Å². The molecule has 34 heavy (non-hydrogen) atoms. The Kier molecular flexibility index (Phi) is 6.78. The number of hydrogen-bond acceptors (Lipinski definition) is 5. The van der Waals surface area contributed by atoms with Crippen molar-refractivity contribution in [2.75, 3.05) is 23.8 Å². The summed E-state index contributed by atoms with van der Waals surface area (Å²) >= 11 is 13.6. The van der Waals surface area contributed by atoms with Crippen molar-refractivity contribution in [3.05, 3.63) is 81.1 Å². The van der Waals surface area contributed by atoms with E-state index in [1.54, 1.807) is 42.5 Å². The molecular weight excluding hydrogens is 515 g/mol. The standard InChI is InChI=1S/C24H20Cl2N2O4S2/c1-14-18(25)5-4-6-20(14)27-24(29)23-12-15-11-16(7-10-22(15)33-23)28(2)34(30,31)17-8-9-21(32-3)19(26)13-17/h4-13H,1-3H3,(H,27,29). The molecule has 0 bridgehead atoms. The van der Waals surface area contributed by atoms with Crippen molar-refractivity contribution in [1.29, 1.82) is 0 Å². The highest BCUT2D eigenvalue weighted by Gasteiger charge is 2.23. The van der Waals surface area contributed by atoms with Crippen molar-refractivity contribution in [3.8, 4) is 5.75 Å². The number of amides is 1. The third-order valence-corrected chi connectivity index (χ3v) is 8.99. The molecule has 4 aromatic rings. The number of nitrogens with zero attached hydrogens (tertiary/aromatic N) is 1. The van der Waals surface area contributed by atoms with Gasteiger partial charge in [0.25, 0.3) is 15.9 Å². The van der Waals surface area contributed by atoms with Crippen LogP contribution in [0.2, 0.25) is 10.0 Å². The SMILES string of the molecule is COc1ccc(S(=O)(=O)N(C)c2ccc3sc(C(=O)Nc4cccc(Cl)c4C)cc3c2)cc1Cl. The Morgan fingerprint density at radius 1 is 1.03 bits per heavy atom. The van der Waals surface area contributed by atoms with Crippen LogP contribution in [-0.2, 0) is 10.0 Å². The van der Waals surface area contributed by atoms with Gasteiger partial charge in [-0.15, -0.1) is 11.3 Å². The van der Waals surface area contributed by atoms with E-state index in [9.17, 15) is 13.2 Å². The normalized spacial score (nSPS) is 11.4. The molecule has 0 saturated carbocycles. The van der Waals surface area contributed by atoms with Crippen LogP contribution in [0.15, 0.2) is 65.6 Å². The number of halogens is 2. The van der Waals surface area contributed by atoms with E-state index in [-0.39, 0.29) is 15.8 Å². The van der Waals surface area contributed by atoms with Gasteiger partial charge in [0.2, 0.25) is 0 Å². The molecule has 0 fully saturated rings. The Bertz CT molecular complexity index is 1520. The number of nitrogens with one attached hydrogen (secondary N) is 1. The summed E-state index contributed by atoms with van der Waals surface area (Å²) in [5, 5.41) is 4.41. The van der Waals surface area contributed by atoms with Gasteiger partial charge in [0.05, 0.1) is 27.6 Å². The Labute approximate surface area is 211 Å². The zero-order valence-electron chi connectivity index (χ0n) is 18.4. The Hall–Kier alpha value is -2.78. The van der Waals surface area contributed by atoms with Gasteiger partial charge in [-0.05, 0) is 72.5 Å². The lowest BCUT2D eigenvalue weighted by Gasteiger charge is -2.20. The van der Waals surface area contributed by atoms with Gasteiger partial charge in [0, 0.05) is 22.5 Å². The molecule has 6 nitrogen and oxygen atoms in total. The van der Waals surface area contributed by atoms with Crippen LogP contribution in [0, 0.1) is 6.92 Å². The van der Waals surface area contributed by atoms with Crippen LogP contribution in [0.25, 0.3) is 10.1 Å². The van der Waals surface area contributed by atoms with E-state index in [4.69, 9.17) is 27.9 Å². The summed E-state index contributed by atoms with van der Waals surface area (Å²) in [5.41, 5.74) is 1.88. The van der Waals surface area contributed by atoms with Crippen molar-refractivity contribution in [1.82, 2.24) is 0 Å². The predicted molar refractivity (Wildman–Crippen MR) is 140 cm³/mol. The third kappa shape index (κ3) is 4.59. The molecule has 3 aromatic carbocycles. The first-order chi connectivity index (χ1) is 16.1. The van der Waals surface area contributed by atoms with Gasteiger partial charge in [-0.2, -0.15) is 0 Å². The molecule has 176 valence electrons. The topological polar surface area (TPSA) is 75.7 Å². The Morgan fingerprint density at radius 2 is 1.79 bits per heavy atom. The number of sulfonamides is 1. The zero-order valence-corrected chi connectivity index (χ0v) is 21.6. The van der Waals surface area contributed by atoms with Crippen LogP contribution < -0.4 is 14.4 Å². The van der Waals surface area contributed by atoms with Crippen molar-refractivity contribution in [3.63, 3.8) is 0 Å². The lowest BCUT2D eigenvalue weighted by Crippen LogP contribution is -2.26. The summed E-state index contributed by atoms with van der Waals surface area (Å²) in [5.74, 6) is 0.128. The third-order valence-electron chi connectivity index (χ3n) is 5.38. The summed E-state index contributed by atoms with van der Waals surface area (Å²) in [4.78, 5) is 13.4. The number of carbonyl (C=O) groups excluding carboxylic acids is 1. The van der Waals surface area contributed by atoms with Crippen molar-refractivity contribution in [2.24, 2.45) is 0 Å². The smallest absolute Gasteiger partial charge is 0.265 e. The minimum atomic E-state index is -3.86. The molecular formula is C24H20Cl2N2O4S2. The first kappa shape index (κ1) is 24.3. The molecule has 1 N–H and O–H groups in total. The van der Waals surface area contributed by atoms with E-state index in [1.807, 2.05) is 6.92 Å². The molecule has 0 saturated heterocycles. The van der Waals surface area contributed by atoms with Crippen molar-refractivity contribution in [2.45, 2.75) is 11.8 Å². The quantitative estimate of drug-likeness (QED) is 0.302. The monoisotopic (exact) mass is 534 g/mol. The van der Waals surface area contributed by atoms with Crippen LogP contribution in [0.4, 0.5) is 11.4 Å². The average molecular weight is 535 g/mol. The molecule has 0 radical (unpaired) electrons. The van der Waals surface area contributed by atoms with Crippen LogP contribution >= 0.6 is 34.5 Å². The lowest BCUT2D eigenvalue weighted by molar-refractivity contribution is 0.103. The minimum Gasteiger partial charge on any atom is -0.495 e. The van der Waals surface area contributed by atoms with Crippen LogP contribution in [0.5, 0.6) is 5.75 Å². The number of ether oxygens (including phenoxy) is 1. The van der Waals surface area contributed by atoms with Crippen LogP contribution in [0.3, 0.4) is 0 Å². The minimum absolute atomic E-state index is 0.0446. The number of carbonyl (C=O) groups is 1. The van der Waals surface area contributed by atoms with Crippen LogP contribution in [0.1, 0.15) is 15.2 Å². The highest BCUT2D eigenvalue weighted by molar-refractivity contribution is 7.92. The molecule has 1 aromatic heterocycles. The summed E-state index contributed by atoms with van der Waals surface area (Å²) in [6.45, 7) is 1.83. The molecule has 0 aliphatic carbocycles. The summed E-state index contributed by atoms with van der Waals surface area (Å²) in [6.07, 6.45) is 0. The zero-order chi connectivity index (χ0) is 24.6. The number of hydrogen-bond donors (Lipinski definition) is 1. The summed E-state index contributed by atoms with van der Waals surface area (Å²) < 4.78 is 33.4. The Morgan fingerprint density at radius 3 is 2.50 bits per heavy atom. The maximum atomic E-state index is 13.2. The highest BCUT2D eigenvalue weighted by atomic mass is 35.5. The van der Waals surface area contributed by atoms with E-state index in [1.165, 1.54) is 48.0 Å². The van der Waals surface area contributed by atoms with Crippen molar-refractivity contribution >= 4 is 71.9 Å². The maximum absolute atomic E-state index is 13.2. The number of anilines is 2. The average Bonchev–Trinajstić information content (AvgIpc) is 3.25. The number of methoxy groups -OCH3 is 1. The van der Waals surface area contributed by atoms with E-state index in [0.717, 1.165) is 15.6 Å². The summed E-state index contributed by atoms with van der Waals surface area (Å²) in [7, 11) is -0.933. The fraction of sp³-hybridized carbons (Fsp3) is 0.125. The number of fused-ring (bicyclic) bond motifs is 1. The lowest BCUT2D eigenvalue weighted by atomic mass is 10.2. The number of benzene rings is 3. The second-order valence-electron chi connectivity index (χ2n) is 7.47. The van der Waals surface area contributed by atoms with Crippen molar-refractivity contribution < 1.29 is 17.9 Å². The maximum Gasteiger partial charge on any atom is 0.265 e. The number of rotatable bonds is 6. The molecule has 1 heterocycles. The van der Waals surface area contributed by atoms with Gasteiger partial charge >= 0.3 is 0 Å².